The van der Waals surface area contributed by atoms with Crippen LogP contribution >= 0.6 is 0 Å². The molecule has 0 aliphatic heterocycles. The van der Waals surface area contributed by atoms with E-state index < -0.39 is 22.7 Å². The van der Waals surface area contributed by atoms with Crippen LogP contribution in [0.25, 0.3) is 0 Å². The topological polar surface area (TPSA) is 83.5 Å². The van der Waals surface area contributed by atoms with E-state index in [9.17, 15) is 13.8 Å². The van der Waals surface area contributed by atoms with Crippen LogP contribution in [0.1, 0.15) is 22.8 Å². The van der Waals surface area contributed by atoms with Gasteiger partial charge < -0.3 is 10.4 Å². The Kier molecular flexibility index (Phi) is 5.87. The lowest BCUT2D eigenvalue weighted by molar-refractivity contribution is -0.141. The maximum absolute atomic E-state index is 12.2. The minimum absolute atomic E-state index is 0.255. The number of nitrogens with one attached hydrogen (secondary N) is 1. The molecule has 0 aliphatic rings. The van der Waals surface area contributed by atoms with Crippen LogP contribution in [0.2, 0.25) is 0 Å². The first kappa shape index (κ1) is 17.9. The highest BCUT2D eigenvalue weighted by atomic mass is 32.2. The van der Waals surface area contributed by atoms with Crippen LogP contribution in [0.3, 0.4) is 0 Å². The third-order valence-corrected chi connectivity index (χ3v) is 4.56. The van der Waals surface area contributed by atoms with Crippen LogP contribution < -0.4 is 5.32 Å². The maximum atomic E-state index is 12.2. The Morgan fingerprint density at radius 1 is 1.08 bits per heavy atom. The summed E-state index contributed by atoms with van der Waals surface area (Å²) in [5, 5.41) is 11.7. The van der Waals surface area contributed by atoms with Crippen LogP contribution in [0.15, 0.2) is 53.4 Å². The Balaban J connectivity index is 2.01. The largest absolute Gasteiger partial charge is 0.481 e. The minimum Gasteiger partial charge on any atom is -0.481 e. The Labute approximate surface area is 143 Å². The van der Waals surface area contributed by atoms with E-state index in [1.807, 2.05) is 0 Å². The summed E-state index contributed by atoms with van der Waals surface area (Å²) in [4.78, 5) is 23.7. The molecule has 0 aromatic heterocycles. The molecule has 2 atom stereocenters. The van der Waals surface area contributed by atoms with Crippen molar-refractivity contribution >= 4 is 28.4 Å². The van der Waals surface area contributed by atoms with Gasteiger partial charge in [-0.3, -0.25) is 13.8 Å². The molecular weight excluding hydrogens is 326 g/mol. The van der Waals surface area contributed by atoms with Crippen LogP contribution in [0.5, 0.6) is 0 Å². The highest BCUT2D eigenvalue weighted by Crippen LogP contribution is 2.15. The van der Waals surface area contributed by atoms with E-state index in [4.69, 9.17) is 5.11 Å². The summed E-state index contributed by atoms with van der Waals surface area (Å²) < 4.78 is 11.3. The molecule has 2 aromatic rings. The number of carboxylic acids is 1. The fourth-order valence-electron chi connectivity index (χ4n) is 2.17. The Morgan fingerprint density at radius 2 is 1.67 bits per heavy atom. The van der Waals surface area contributed by atoms with Crippen LogP contribution in [0, 0.1) is 5.92 Å². The molecule has 0 radical (unpaired) electrons. The summed E-state index contributed by atoms with van der Waals surface area (Å²) in [6.45, 7) is 1.66. The fourth-order valence-corrected chi connectivity index (χ4v) is 2.69. The third kappa shape index (κ3) is 4.76. The van der Waals surface area contributed by atoms with Crippen LogP contribution in [-0.2, 0) is 22.0 Å². The zero-order valence-electron chi connectivity index (χ0n) is 13.5. The van der Waals surface area contributed by atoms with Crippen molar-refractivity contribution in [2.75, 3.05) is 11.6 Å². The van der Waals surface area contributed by atoms with E-state index in [0.29, 0.717) is 22.6 Å². The second kappa shape index (κ2) is 7.88. The molecular formula is C18H19NO4S. The number of benzene rings is 2. The van der Waals surface area contributed by atoms with Crippen molar-refractivity contribution < 1.29 is 18.9 Å². The zero-order valence-corrected chi connectivity index (χ0v) is 14.3. The predicted molar refractivity (Wildman–Crippen MR) is 93.7 cm³/mol. The summed E-state index contributed by atoms with van der Waals surface area (Å²) >= 11 is 0. The maximum Gasteiger partial charge on any atom is 0.306 e. The average Bonchev–Trinajstić information content (AvgIpc) is 2.56. The van der Waals surface area contributed by atoms with Gasteiger partial charge in [-0.05, 0) is 48.4 Å². The molecule has 0 heterocycles. The number of carbonyl (C=O) groups excluding carboxylic acids is 1. The third-order valence-electron chi connectivity index (χ3n) is 3.62. The highest BCUT2D eigenvalue weighted by molar-refractivity contribution is 7.84. The van der Waals surface area contributed by atoms with Crippen molar-refractivity contribution in [3.8, 4) is 0 Å². The summed E-state index contributed by atoms with van der Waals surface area (Å²) in [6, 6.07) is 13.7. The van der Waals surface area contributed by atoms with E-state index in [1.54, 1.807) is 61.7 Å². The van der Waals surface area contributed by atoms with Gasteiger partial charge in [0.05, 0.1) is 5.92 Å². The second-order valence-electron chi connectivity index (χ2n) is 5.57. The molecule has 126 valence electrons. The van der Waals surface area contributed by atoms with Gasteiger partial charge >= 0.3 is 5.97 Å². The molecule has 0 aliphatic carbocycles. The monoisotopic (exact) mass is 345 g/mol. The molecule has 0 bridgehead atoms. The van der Waals surface area contributed by atoms with Gasteiger partial charge in [0.1, 0.15) is 0 Å². The number of rotatable bonds is 6. The number of carboxylic acid groups (broad SMARTS) is 1. The van der Waals surface area contributed by atoms with E-state index in [1.165, 1.54) is 0 Å². The quantitative estimate of drug-likeness (QED) is 0.843. The predicted octanol–water partition coefficient (Wildman–Crippen LogP) is 2.94. The Bertz CT molecular complexity index is 754. The normalized spacial score (nSPS) is 13.1. The number of anilines is 1. The summed E-state index contributed by atoms with van der Waals surface area (Å²) in [5.74, 6) is -1.54. The van der Waals surface area contributed by atoms with Crippen LogP contribution in [-0.4, -0.2) is 27.4 Å². The highest BCUT2D eigenvalue weighted by Gasteiger charge is 2.12. The molecule has 6 heteroatoms. The SMILES string of the molecule is CC(Cc1ccc(NC(=O)c2ccc(S(C)=O)cc2)cc1)C(=O)O. The van der Waals surface area contributed by atoms with Crippen molar-refractivity contribution in [1.29, 1.82) is 0 Å². The van der Waals surface area contributed by atoms with E-state index in [0.717, 1.165) is 5.56 Å². The van der Waals surface area contributed by atoms with Crippen molar-refractivity contribution in [2.24, 2.45) is 5.92 Å². The van der Waals surface area contributed by atoms with Gasteiger partial charge in [0.25, 0.3) is 5.91 Å². The van der Waals surface area contributed by atoms with E-state index in [-0.39, 0.29) is 5.91 Å². The van der Waals surface area contributed by atoms with Crippen molar-refractivity contribution in [3.63, 3.8) is 0 Å². The van der Waals surface area contributed by atoms with E-state index in [2.05, 4.69) is 5.32 Å². The molecule has 0 saturated carbocycles. The molecule has 2 rings (SSSR count). The van der Waals surface area contributed by atoms with Crippen LogP contribution in [0.4, 0.5) is 5.69 Å². The van der Waals surface area contributed by atoms with Crippen molar-refractivity contribution in [2.45, 2.75) is 18.2 Å². The number of hydrogen-bond donors (Lipinski definition) is 2. The summed E-state index contributed by atoms with van der Waals surface area (Å²) in [5.41, 5.74) is 2.01. The van der Waals surface area contributed by atoms with Gasteiger partial charge in [-0.25, -0.2) is 0 Å². The molecule has 0 fully saturated rings. The fraction of sp³-hybridized carbons (Fsp3) is 0.222. The molecule has 24 heavy (non-hydrogen) atoms. The number of amides is 1. The molecule has 5 nitrogen and oxygen atoms in total. The number of aliphatic carboxylic acids is 1. The molecule has 2 aromatic carbocycles. The van der Waals surface area contributed by atoms with E-state index >= 15 is 0 Å². The number of carbonyl (C=O) groups is 2. The van der Waals surface area contributed by atoms with Gasteiger partial charge in [-0.1, -0.05) is 19.1 Å². The van der Waals surface area contributed by atoms with Crippen molar-refractivity contribution in [3.05, 3.63) is 59.7 Å². The lowest BCUT2D eigenvalue weighted by atomic mass is 10.0. The lowest BCUT2D eigenvalue weighted by Gasteiger charge is -2.09. The molecule has 0 spiro atoms. The van der Waals surface area contributed by atoms with Crippen molar-refractivity contribution in [1.82, 2.24) is 0 Å². The average molecular weight is 345 g/mol. The Hall–Kier alpha value is -2.47. The van der Waals surface area contributed by atoms with Gasteiger partial charge in [-0.2, -0.15) is 0 Å². The molecule has 2 N–H and O–H groups in total. The first-order valence-electron chi connectivity index (χ1n) is 7.43. The van der Waals surface area contributed by atoms with Gasteiger partial charge in [0, 0.05) is 33.2 Å². The second-order valence-corrected chi connectivity index (χ2v) is 6.95. The van der Waals surface area contributed by atoms with Gasteiger partial charge in [0.2, 0.25) is 0 Å². The minimum atomic E-state index is -1.07. The standard InChI is InChI=1S/C18H19NO4S/c1-12(18(21)22)11-13-3-7-15(8-4-13)19-17(20)14-5-9-16(10-6-14)24(2)23/h3-10,12H,11H2,1-2H3,(H,19,20)(H,21,22). The molecule has 1 amide bonds. The zero-order chi connectivity index (χ0) is 17.7. The molecule has 0 saturated heterocycles. The summed E-state index contributed by atoms with van der Waals surface area (Å²) in [7, 11) is -1.07. The molecule has 2 unspecified atom stereocenters. The lowest BCUT2D eigenvalue weighted by Crippen LogP contribution is -2.13. The first-order valence-corrected chi connectivity index (χ1v) is 8.99. The van der Waals surface area contributed by atoms with Gasteiger partial charge in [-0.15, -0.1) is 0 Å². The number of hydrogen-bond acceptors (Lipinski definition) is 3. The first-order chi connectivity index (χ1) is 11.4. The van der Waals surface area contributed by atoms with Gasteiger partial charge in [0.15, 0.2) is 0 Å². The Morgan fingerprint density at radius 3 is 2.17 bits per heavy atom. The summed E-state index contributed by atoms with van der Waals surface area (Å²) in [6.07, 6.45) is 2.03. The smallest absolute Gasteiger partial charge is 0.306 e.